The summed E-state index contributed by atoms with van der Waals surface area (Å²) in [6, 6.07) is 18.6. The molecule has 0 fully saturated rings. The van der Waals surface area contributed by atoms with Crippen molar-refractivity contribution in [1.82, 2.24) is 0 Å². The second-order valence-electron chi connectivity index (χ2n) is 6.31. The fourth-order valence-electron chi connectivity index (χ4n) is 3.03. The first-order valence-electron chi connectivity index (χ1n) is 8.46. The summed E-state index contributed by atoms with van der Waals surface area (Å²) in [5.41, 5.74) is 12.3. The zero-order chi connectivity index (χ0) is 22.1. The van der Waals surface area contributed by atoms with Crippen LogP contribution in [0.4, 0.5) is 11.4 Å². The van der Waals surface area contributed by atoms with E-state index in [2.05, 4.69) is 0 Å². The first-order chi connectivity index (χ1) is 14.0. The van der Waals surface area contributed by atoms with Gasteiger partial charge in [-0.15, -0.1) is 0 Å². The number of fused-ring (bicyclic) bond motifs is 2. The third kappa shape index (κ3) is 6.45. The van der Waals surface area contributed by atoms with Gasteiger partial charge >= 0.3 is 59.1 Å². The molecule has 0 unspecified atom stereocenters. The van der Waals surface area contributed by atoms with Gasteiger partial charge in [0.05, 0.1) is 9.79 Å². The Morgan fingerprint density at radius 2 is 0.781 bits per heavy atom. The molecule has 0 spiro atoms. The van der Waals surface area contributed by atoms with Gasteiger partial charge in [-0.2, -0.15) is 0 Å². The van der Waals surface area contributed by atoms with E-state index in [0.29, 0.717) is 32.9 Å². The topological polar surface area (TPSA) is 166 Å². The van der Waals surface area contributed by atoms with Crippen LogP contribution in [-0.4, -0.2) is 25.9 Å². The van der Waals surface area contributed by atoms with E-state index in [-0.39, 0.29) is 68.9 Å². The van der Waals surface area contributed by atoms with E-state index in [1.54, 1.807) is 48.5 Å². The van der Waals surface area contributed by atoms with Crippen LogP contribution >= 0.6 is 0 Å². The van der Waals surface area contributed by atoms with Gasteiger partial charge in [0, 0.05) is 32.9 Å². The van der Waals surface area contributed by atoms with Crippen molar-refractivity contribution in [2.24, 2.45) is 0 Å². The van der Waals surface area contributed by atoms with Crippen LogP contribution in [0.1, 0.15) is 0 Å². The van der Waals surface area contributed by atoms with Gasteiger partial charge in [0.2, 0.25) is 0 Å². The zero-order valence-corrected chi connectivity index (χ0v) is 23.0. The summed E-state index contributed by atoms with van der Waals surface area (Å²) in [6.45, 7) is 0. The average molecular weight is 490 g/mol. The second kappa shape index (κ2) is 11.3. The molecular weight excluding hydrogens is 474 g/mol. The van der Waals surface area contributed by atoms with Gasteiger partial charge < -0.3 is 20.6 Å². The van der Waals surface area contributed by atoms with Crippen LogP contribution < -0.4 is 70.6 Å². The van der Waals surface area contributed by atoms with E-state index in [0.717, 1.165) is 0 Å². The average Bonchev–Trinajstić information content (AvgIpc) is 2.67. The summed E-state index contributed by atoms with van der Waals surface area (Å²) in [5.74, 6) is 0. The van der Waals surface area contributed by atoms with Gasteiger partial charge in [0.25, 0.3) is 0 Å². The van der Waals surface area contributed by atoms with E-state index < -0.39 is 20.2 Å². The molecule has 0 aliphatic heterocycles. The molecule has 0 bridgehead atoms. The number of rotatable bonds is 2. The van der Waals surface area contributed by atoms with E-state index in [9.17, 15) is 25.9 Å². The van der Waals surface area contributed by atoms with Gasteiger partial charge in [0.1, 0.15) is 20.2 Å². The SMILES string of the molecule is Nc1ccc(S(=O)(=O)[O-])c2ccccc12.Nc1ccc(S(=O)(=O)[O-])c2ccccc12.[Na+].[Na+]. The molecule has 32 heavy (non-hydrogen) atoms. The molecule has 0 radical (unpaired) electrons. The minimum Gasteiger partial charge on any atom is -0.744 e. The van der Waals surface area contributed by atoms with Gasteiger partial charge in [-0.05, 0) is 24.3 Å². The first-order valence-corrected chi connectivity index (χ1v) is 11.3. The largest absolute Gasteiger partial charge is 1.00 e. The summed E-state index contributed by atoms with van der Waals surface area (Å²) in [5, 5.41) is 1.89. The van der Waals surface area contributed by atoms with Crippen LogP contribution in [0.2, 0.25) is 0 Å². The molecule has 4 rings (SSSR count). The first kappa shape index (κ1) is 28.9. The zero-order valence-electron chi connectivity index (χ0n) is 17.3. The Bertz CT molecular complexity index is 1360. The molecule has 0 amide bonds. The Morgan fingerprint density at radius 3 is 1.06 bits per heavy atom. The molecule has 4 aromatic carbocycles. The third-order valence-electron chi connectivity index (χ3n) is 4.37. The van der Waals surface area contributed by atoms with Gasteiger partial charge in [-0.1, -0.05) is 48.5 Å². The van der Waals surface area contributed by atoms with Crippen LogP contribution in [0.15, 0.2) is 82.6 Å². The summed E-state index contributed by atoms with van der Waals surface area (Å²) in [7, 11) is -8.90. The minimum absolute atomic E-state index is 0. The summed E-state index contributed by atoms with van der Waals surface area (Å²) < 4.78 is 65.8. The molecule has 8 nitrogen and oxygen atoms in total. The molecular formula is C20H16N2Na2O6S2. The molecule has 0 atom stereocenters. The van der Waals surface area contributed by atoms with Crippen molar-refractivity contribution in [3.05, 3.63) is 72.8 Å². The predicted octanol–water partition coefficient (Wildman–Crippen LogP) is -3.34. The van der Waals surface area contributed by atoms with Crippen LogP contribution in [0.25, 0.3) is 21.5 Å². The standard InChI is InChI=1S/2C10H9NO3S.2Na/c2*11-9-5-6-10(15(12,13)14)8-4-2-1-3-7(8)9;;/h2*1-6H,11H2,(H,12,13,14);;/q;;2*+1/p-2. The molecule has 4 N–H and O–H groups in total. The normalized spacial score (nSPS) is 11.1. The fraction of sp³-hybridized carbons (Fsp3) is 0. The Morgan fingerprint density at radius 1 is 0.500 bits per heavy atom. The van der Waals surface area contributed by atoms with Crippen molar-refractivity contribution in [2.45, 2.75) is 9.79 Å². The number of hydrogen-bond acceptors (Lipinski definition) is 8. The molecule has 0 saturated heterocycles. The third-order valence-corrected chi connectivity index (χ3v) is 6.16. The van der Waals surface area contributed by atoms with Crippen molar-refractivity contribution in [1.29, 1.82) is 0 Å². The van der Waals surface area contributed by atoms with Crippen molar-refractivity contribution < 1.29 is 85.1 Å². The number of nitrogen functional groups attached to an aromatic ring is 2. The maximum absolute atomic E-state index is 11.0. The molecule has 12 heteroatoms. The van der Waals surface area contributed by atoms with E-state index >= 15 is 0 Å². The van der Waals surface area contributed by atoms with Crippen LogP contribution in [0.3, 0.4) is 0 Å². The van der Waals surface area contributed by atoms with E-state index in [4.69, 9.17) is 11.5 Å². The number of nitrogens with two attached hydrogens (primary N) is 2. The summed E-state index contributed by atoms with van der Waals surface area (Å²) >= 11 is 0. The van der Waals surface area contributed by atoms with Crippen LogP contribution in [0.5, 0.6) is 0 Å². The number of benzene rings is 4. The molecule has 0 aromatic heterocycles. The monoisotopic (exact) mass is 490 g/mol. The number of anilines is 2. The summed E-state index contributed by atoms with van der Waals surface area (Å²) in [4.78, 5) is -0.459. The van der Waals surface area contributed by atoms with Crippen molar-refractivity contribution in [2.75, 3.05) is 11.5 Å². The van der Waals surface area contributed by atoms with E-state index in [1.165, 1.54) is 24.3 Å². The van der Waals surface area contributed by atoms with Gasteiger partial charge in [-0.25, -0.2) is 16.8 Å². The summed E-state index contributed by atoms with van der Waals surface area (Å²) in [6.07, 6.45) is 0. The Hall–Kier alpha value is -1.18. The Kier molecular flexibility index (Phi) is 10.2. The van der Waals surface area contributed by atoms with Crippen LogP contribution in [-0.2, 0) is 20.2 Å². The van der Waals surface area contributed by atoms with Crippen molar-refractivity contribution in [3.8, 4) is 0 Å². The smallest absolute Gasteiger partial charge is 0.744 e. The van der Waals surface area contributed by atoms with Crippen molar-refractivity contribution >= 4 is 53.2 Å². The van der Waals surface area contributed by atoms with E-state index in [1.807, 2.05) is 0 Å². The quantitative estimate of drug-likeness (QED) is 0.167. The number of hydrogen-bond donors (Lipinski definition) is 2. The maximum Gasteiger partial charge on any atom is 1.00 e. The fourth-order valence-corrected chi connectivity index (χ4v) is 4.39. The molecule has 0 aliphatic carbocycles. The molecule has 4 aromatic rings. The Balaban J connectivity index is 0.000000301. The van der Waals surface area contributed by atoms with Gasteiger partial charge in [0.15, 0.2) is 0 Å². The molecule has 0 saturated carbocycles. The molecule has 156 valence electrons. The second-order valence-corrected chi connectivity index (χ2v) is 9.00. The maximum atomic E-state index is 11.0. The molecule has 0 aliphatic rings. The van der Waals surface area contributed by atoms with Crippen molar-refractivity contribution in [3.63, 3.8) is 0 Å². The predicted molar refractivity (Wildman–Crippen MR) is 113 cm³/mol. The Labute approximate surface area is 230 Å². The molecule has 0 heterocycles. The minimum atomic E-state index is -4.45. The van der Waals surface area contributed by atoms with Gasteiger partial charge in [-0.3, -0.25) is 0 Å². The van der Waals surface area contributed by atoms with Crippen LogP contribution in [0, 0.1) is 0 Å².